The van der Waals surface area contributed by atoms with E-state index in [-0.39, 0.29) is 6.61 Å². The number of benzene rings is 1. The van der Waals surface area contributed by atoms with Gasteiger partial charge in [-0.15, -0.1) is 0 Å². The topological polar surface area (TPSA) is 56.5 Å². The summed E-state index contributed by atoms with van der Waals surface area (Å²) in [4.78, 5) is 2.19. The SMILES string of the molecule is CCN(CCC#N)CCOc1ccc(C#CCCO)cc1. The molecule has 1 rings (SSSR count). The van der Waals surface area contributed by atoms with Crippen molar-refractivity contribution in [3.05, 3.63) is 29.8 Å². The van der Waals surface area contributed by atoms with Crippen molar-refractivity contribution in [2.24, 2.45) is 0 Å². The van der Waals surface area contributed by atoms with E-state index in [0.29, 0.717) is 19.4 Å². The molecule has 1 N–H and O–H groups in total. The number of aliphatic hydroxyl groups excluding tert-OH is 1. The van der Waals surface area contributed by atoms with E-state index in [0.717, 1.165) is 30.9 Å². The van der Waals surface area contributed by atoms with Crippen molar-refractivity contribution in [2.45, 2.75) is 19.8 Å². The average molecular weight is 286 g/mol. The minimum atomic E-state index is 0.0912. The fraction of sp³-hybridized carbons (Fsp3) is 0.471. The number of nitrogens with zero attached hydrogens (tertiary/aromatic N) is 2. The normalized spacial score (nSPS) is 9.81. The third-order valence-electron chi connectivity index (χ3n) is 2.99. The first kappa shape index (κ1) is 17.0. The predicted molar refractivity (Wildman–Crippen MR) is 82.9 cm³/mol. The Bertz CT molecular complexity index is 494. The van der Waals surface area contributed by atoms with Crippen LogP contribution < -0.4 is 4.74 Å². The quantitative estimate of drug-likeness (QED) is 0.743. The highest BCUT2D eigenvalue weighted by Crippen LogP contribution is 2.11. The molecule has 112 valence electrons. The van der Waals surface area contributed by atoms with Crippen LogP contribution in [0.25, 0.3) is 0 Å². The molecule has 4 heteroatoms. The molecule has 1 aromatic rings. The molecule has 0 radical (unpaired) electrons. The molecule has 0 unspecified atom stereocenters. The molecule has 0 saturated heterocycles. The zero-order chi connectivity index (χ0) is 15.3. The lowest BCUT2D eigenvalue weighted by atomic mass is 10.2. The summed E-state index contributed by atoms with van der Waals surface area (Å²) in [6, 6.07) is 9.77. The van der Waals surface area contributed by atoms with Gasteiger partial charge in [0, 0.05) is 31.5 Å². The smallest absolute Gasteiger partial charge is 0.119 e. The van der Waals surface area contributed by atoms with Crippen LogP contribution in [-0.4, -0.2) is 42.9 Å². The molecule has 1 aromatic carbocycles. The summed E-state index contributed by atoms with van der Waals surface area (Å²) >= 11 is 0. The summed E-state index contributed by atoms with van der Waals surface area (Å²) in [5.74, 6) is 6.68. The minimum absolute atomic E-state index is 0.0912. The van der Waals surface area contributed by atoms with Gasteiger partial charge in [0.25, 0.3) is 0 Å². The van der Waals surface area contributed by atoms with E-state index in [1.165, 1.54) is 0 Å². The molecule has 0 aliphatic rings. The van der Waals surface area contributed by atoms with E-state index in [2.05, 4.69) is 29.7 Å². The van der Waals surface area contributed by atoms with Crippen LogP contribution in [0.5, 0.6) is 5.75 Å². The zero-order valence-electron chi connectivity index (χ0n) is 12.5. The number of rotatable bonds is 8. The maximum Gasteiger partial charge on any atom is 0.119 e. The summed E-state index contributed by atoms with van der Waals surface area (Å²) in [5, 5.41) is 17.2. The minimum Gasteiger partial charge on any atom is -0.492 e. The van der Waals surface area contributed by atoms with E-state index >= 15 is 0 Å². The molecular weight excluding hydrogens is 264 g/mol. The van der Waals surface area contributed by atoms with Crippen LogP contribution in [0.3, 0.4) is 0 Å². The van der Waals surface area contributed by atoms with Gasteiger partial charge in [0.1, 0.15) is 12.4 Å². The largest absolute Gasteiger partial charge is 0.492 e. The van der Waals surface area contributed by atoms with E-state index in [4.69, 9.17) is 15.1 Å². The van der Waals surface area contributed by atoms with E-state index in [1.807, 2.05) is 24.3 Å². The molecule has 0 spiro atoms. The Labute approximate surface area is 127 Å². The van der Waals surface area contributed by atoms with Crippen LogP contribution >= 0.6 is 0 Å². The Morgan fingerprint density at radius 3 is 2.57 bits per heavy atom. The van der Waals surface area contributed by atoms with Crippen molar-refractivity contribution in [2.75, 3.05) is 32.8 Å². The second-order valence-corrected chi connectivity index (χ2v) is 4.49. The fourth-order valence-corrected chi connectivity index (χ4v) is 1.78. The molecule has 0 heterocycles. The van der Waals surface area contributed by atoms with Crippen molar-refractivity contribution in [1.29, 1.82) is 5.26 Å². The molecule has 21 heavy (non-hydrogen) atoms. The Balaban J connectivity index is 2.36. The van der Waals surface area contributed by atoms with E-state index in [9.17, 15) is 0 Å². The van der Waals surface area contributed by atoms with Gasteiger partial charge in [-0.25, -0.2) is 0 Å². The van der Waals surface area contributed by atoms with Gasteiger partial charge < -0.3 is 9.84 Å². The van der Waals surface area contributed by atoms with Crippen LogP contribution in [0.2, 0.25) is 0 Å². The van der Waals surface area contributed by atoms with Gasteiger partial charge in [-0.3, -0.25) is 4.90 Å². The van der Waals surface area contributed by atoms with Gasteiger partial charge in [-0.05, 0) is 30.8 Å². The monoisotopic (exact) mass is 286 g/mol. The summed E-state index contributed by atoms with van der Waals surface area (Å²) in [5.41, 5.74) is 0.917. The zero-order valence-corrected chi connectivity index (χ0v) is 12.5. The lowest BCUT2D eigenvalue weighted by Gasteiger charge is -2.18. The number of nitriles is 1. The summed E-state index contributed by atoms with van der Waals surface area (Å²) in [6.07, 6.45) is 1.04. The van der Waals surface area contributed by atoms with E-state index in [1.54, 1.807) is 0 Å². The van der Waals surface area contributed by atoms with Crippen LogP contribution in [0.4, 0.5) is 0 Å². The third-order valence-corrected chi connectivity index (χ3v) is 2.99. The number of hydrogen-bond acceptors (Lipinski definition) is 4. The Hall–Kier alpha value is -2.01. The average Bonchev–Trinajstić information content (AvgIpc) is 2.52. The van der Waals surface area contributed by atoms with Crippen molar-refractivity contribution in [3.8, 4) is 23.7 Å². The van der Waals surface area contributed by atoms with Gasteiger partial charge in [0.2, 0.25) is 0 Å². The number of aliphatic hydroxyl groups is 1. The molecule has 0 aliphatic carbocycles. The van der Waals surface area contributed by atoms with Crippen molar-refractivity contribution in [1.82, 2.24) is 4.90 Å². The summed E-state index contributed by atoms with van der Waals surface area (Å²) < 4.78 is 5.69. The second-order valence-electron chi connectivity index (χ2n) is 4.49. The van der Waals surface area contributed by atoms with E-state index < -0.39 is 0 Å². The maximum atomic E-state index is 8.66. The maximum absolute atomic E-state index is 8.66. The molecule has 0 aromatic heterocycles. The third kappa shape index (κ3) is 7.37. The van der Waals surface area contributed by atoms with Crippen molar-refractivity contribution >= 4 is 0 Å². The lowest BCUT2D eigenvalue weighted by Crippen LogP contribution is -2.29. The molecule has 0 bridgehead atoms. The van der Waals surface area contributed by atoms with Crippen LogP contribution in [0.15, 0.2) is 24.3 Å². The standard InChI is InChI=1S/C17H22N2O2/c1-2-19(12-5-11-18)13-15-21-17-9-7-16(8-10-17)6-3-4-14-20/h7-10,20H,2,4-5,12-15H2,1H3. The summed E-state index contributed by atoms with van der Waals surface area (Å²) in [7, 11) is 0. The number of hydrogen-bond donors (Lipinski definition) is 1. The Kier molecular flexibility index (Phi) is 8.72. The number of ether oxygens (including phenoxy) is 1. The summed E-state index contributed by atoms with van der Waals surface area (Å²) in [6.45, 7) is 5.30. The van der Waals surface area contributed by atoms with Gasteiger partial charge in [0.15, 0.2) is 0 Å². The van der Waals surface area contributed by atoms with Gasteiger partial charge in [-0.2, -0.15) is 5.26 Å². The molecule has 0 fully saturated rings. The highest BCUT2D eigenvalue weighted by molar-refractivity contribution is 5.38. The molecule has 0 saturated carbocycles. The van der Waals surface area contributed by atoms with Gasteiger partial charge in [-0.1, -0.05) is 18.8 Å². The molecule has 0 aliphatic heterocycles. The van der Waals surface area contributed by atoms with Crippen molar-refractivity contribution in [3.63, 3.8) is 0 Å². The highest BCUT2D eigenvalue weighted by atomic mass is 16.5. The van der Waals surface area contributed by atoms with Crippen LogP contribution in [0.1, 0.15) is 25.3 Å². The highest BCUT2D eigenvalue weighted by Gasteiger charge is 2.02. The molecular formula is C17H22N2O2. The first-order valence-electron chi connectivity index (χ1n) is 7.22. The van der Waals surface area contributed by atoms with Crippen LogP contribution in [-0.2, 0) is 0 Å². The Morgan fingerprint density at radius 1 is 1.19 bits per heavy atom. The first-order chi connectivity index (χ1) is 10.3. The van der Waals surface area contributed by atoms with Gasteiger partial charge in [0.05, 0.1) is 12.7 Å². The van der Waals surface area contributed by atoms with Crippen molar-refractivity contribution < 1.29 is 9.84 Å². The number of likely N-dealkylation sites (N-methyl/N-ethyl adjacent to an activating group) is 1. The first-order valence-corrected chi connectivity index (χ1v) is 7.22. The van der Waals surface area contributed by atoms with Crippen LogP contribution in [0, 0.1) is 23.2 Å². The second kappa shape index (κ2) is 10.7. The molecule has 0 amide bonds. The molecule has 4 nitrogen and oxygen atoms in total. The Morgan fingerprint density at radius 2 is 1.95 bits per heavy atom. The molecule has 0 atom stereocenters. The predicted octanol–water partition coefficient (Wildman–Crippen LogP) is 2.03. The van der Waals surface area contributed by atoms with Gasteiger partial charge >= 0.3 is 0 Å². The lowest BCUT2D eigenvalue weighted by molar-refractivity contribution is 0.218. The fourth-order valence-electron chi connectivity index (χ4n) is 1.78.